The molecule has 0 atom stereocenters. The van der Waals surface area contributed by atoms with E-state index >= 15 is 0 Å². The van der Waals surface area contributed by atoms with Gasteiger partial charge in [-0.2, -0.15) is 0 Å². The number of oxazole rings is 1. The summed E-state index contributed by atoms with van der Waals surface area (Å²) in [4.78, 5) is 15.9. The van der Waals surface area contributed by atoms with Gasteiger partial charge in [0, 0.05) is 6.42 Å². The molecule has 0 bridgehead atoms. The fourth-order valence-electron chi connectivity index (χ4n) is 1.83. The van der Waals surface area contributed by atoms with Crippen LogP contribution in [0, 0.1) is 19.7 Å². The Morgan fingerprint density at radius 2 is 2.10 bits per heavy atom. The van der Waals surface area contributed by atoms with E-state index in [1.807, 2.05) is 13.8 Å². The first-order chi connectivity index (χ1) is 9.56. The Morgan fingerprint density at radius 3 is 2.75 bits per heavy atom. The maximum absolute atomic E-state index is 13.4. The molecular weight excluding hydrogens is 259 g/mol. The van der Waals surface area contributed by atoms with Gasteiger partial charge in [-0.15, -0.1) is 0 Å². The number of benzene rings is 1. The molecular formula is C15H17FN2O2. The minimum Gasteiger partial charge on any atom is -0.444 e. The summed E-state index contributed by atoms with van der Waals surface area (Å²) in [7, 11) is 0. The molecule has 2 rings (SSSR count). The molecule has 5 heteroatoms. The largest absolute Gasteiger partial charge is 0.444 e. The first-order valence-electron chi connectivity index (χ1n) is 6.49. The molecule has 2 aromatic rings. The van der Waals surface area contributed by atoms with Crippen molar-refractivity contribution < 1.29 is 13.6 Å². The van der Waals surface area contributed by atoms with E-state index in [-0.39, 0.29) is 24.7 Å². The quantitative estimate of drug-likeness (QED) is 0.913. The fourth-order valence-corrected chi connectivity index (χ4v) is 1.83. The predicted octanol–water partition coefficient (Wildman–Crippen LogP) is 2.68. The molecule has 0 aliphatic carbocycles. The van der Waals surface area contributed by atoms with Crippen LogP contribution in [0.3, 0.4) is 0 Å². The van der Waals surface area contributed by atoms with Gasteiger partial charge in [0.05, 0.1) is 12.2 Å². The van der Waals surface area contributed by atoms with Crippen molar-refractivity contribution in [2.75, 3.05) is 0 Å². The molecule has 0 aliphatic rings. The van der Waals surface area contributed by atoms with Crippen molar-refractivity contribution in [3.63, 3.8) is 0 Å². The molecule has 0 saturated heterocycles. The number of nitrogens with zero attached hydrogens (tertiary/aromatic N) is 1. The lowest BCUT2D eigenvalue weighted by molar-refractivity contribution is -0.121. The van der Waals surface area contributed by atoms with Crippen LogP contribution in [0.25, 0.3) is 0 Å². The van der Waals surface area contributed by atoms with Crippen LogP contribution < -0.4 is 5.32 Å². The van der Waals surface area contributed by atoms with Crippen LogP contribution in [0.15, 0.2) is 28.7 Å². The molecule has 0 saturated carbocycles. The number of carbonyl (C=O) groups excluding carboxylic acids is 1. The number of amides is 1. The zero-order chi connectivity index (χ0) is 14.5. The monoisotopic (exact) mass is 276 g/mol. The average Bonchev–Trinajstić information content (AvgIpc) is 2.75. The second kappa shape index (κ2) is 6.32. The summed E-state index contributed by atoms with van der Waals surface area (Å²) < 4.78 is 18.7. The third-order valence-electron chi connectivity index (χ3n) is 3.09. The van der Waals surface area contributed by atoms with Gasteiger partial charge >= 0.3 is 0 Å². The van der Waals surface area contributed by atoms with Crippen LogP contribution in [0.2, 0.25) is 0 Å². The van der Waals surface area contributed by atoms with E-state index in [2.05, 4.69) is 10.3 Å². The van der Waals surface area contributed by atoms with E-state index in [1.165, 1.54) is 6.07 Å². The lowest BCUT2D eigenvalue weighted by atomic mass is 10.1. The second-order valence-corrected chi connectivity index (χ2v) is 4.62. The highest BCUT2D eigenvalue weighted by Crippen LogP contribution is 2.10. The molecule has 1 heterocycles. The molecule has 0 radical (unpaired) electrons. The maximum Gasteiger partial charge on any atom is 0.220 e. The minimum atomic E-state index is -0.278. The third kappa shape index (κ3) is 3.66. The smallest absolute Gasteiger partial charge is 0.220 e. The van der Waals surface area contributed by atoms with Gasteiger partial charge in [-0.25, -0.2) is 9.37 Å². The van der Waals surface area contributed by atoms with Crippen molar-refractivity contribution in [3.05, 3.63) is 53.0 Å². The highest BCUT2D eigenvalue weighted by atomic mass is 19.1. The average molecular weight is 276 g/mol. The van der Waals surface area contributed by atoms with Gasteiger partial charge in [0.1, 0.15) is 11.6 Å². The summed E-state index contributed by atoms with van der Waals surface area (Å²) in [5.41, 5.74) is 1.37. The van der Waals surface area contributed by atoms with E-state index in [4.69, 9.17) is 4.42 Å². The Bertz CT molecular complexity index is 588. The minimum absolute atomic E-state index is 0.151. The number of nitrogens with one attached hydrogen (secondary N) is 1. The van der Waals surface area contributed by atoms with Crippen LogP contribution in [0.1, 0.15) is 29.3 Å². The lowest BCUT2D eigenvalue weighted by Crippen LogP contribution is -2.23. The Morgan fingerprint density at radius 1 is 1.35 bits per heavy atom. The Kier molecular flexibility index (Phi) is 4.50. The molecule has 106 valence electrons. The van der Waals surface area contributed by atoms with Crippen LogP contribution in [-0.2, 0) is 17.8 Å². The number of rotatable bonds is 5. The topological polar surface area (TPSA) is 55.1 Å². The molecule has 1 amide bonds. The first kappa shape index (κ1) is 14.2. The van der Waals surface area contributed by atoms with Crippen molar-refractivity contribution in [3.8, 4) is 0 Å². The Balaban J connectivity index is 1.80. The molecule has 0 fully saturated rings. The number of halogens is 1. The van der Waals surface area contributed by atoms with Crippen LogP contribution in [0.5, 0.6) is 0 Å². The molecule has 0 unspecified atom stereocenters. The van der Waals surface area contributed by atoms with Crippen molar-refractivity contribution in [1.29, 1.82) is 0 Å². The molecule has 4 nitrogen and oxygen atoms in total. The highest BCUT2D eigenvalue weighted by molar-refractivity contribution is 5.76. The first-order valence-corrected chi connectivity index (χ1v) is 6.49. The van der Waals surface area contributed by atoms with E-state index in [0.29, 0.717) is 17.9 Å². The summed E-state index contributed by atoms with van der Waals surface area (Å²) in [6, 6.07) is 6.47. The van der Waals surface area contributed by atoms with Crippen LogP contribution in [0.4, 0.5) is 4.39 Å². The SMILES string of the molecule is Cc1nc(CNC(=O)CCc2ccccc2F)oc1C. The molecule has 0 aliphatic heterocycles. The van der Waals surface area contributed by atoms with Gasteiger partial charge < -0.3 is 9.73 Å². The van der Waals surface area contributed by atoms with Crippen molar-refractivity contribution >= 4 is 5.91 Å². The molecule has 20 heavy (non-hydrogen) atoms. The summed E-state index contributed by atoms with van der Waals surface area (Å²) in [6.07, 6.45) is 0.613. The van der Waals surface area contributed by atoms with E-state index in [0.717, 1.165) is 11.5 Å². The molecule has 0 spiro atoms. The summed E-state index contributed by atoms with van der Waals surface area (Å²) in [5, 5.41) is 2.71. The standard InChI is InChI=1S/C15H17FN2O2/c1-10-11(2)20-15(18-10)9-17-14(19)8-7-12-5-3-4-6-13(12)16/h3-6H,7-9H2,1-2H3,(H,17,19). The third-order valence-corrected chi connectivity index (χ3v) is 3.09. The Labute approximate surface area is 117 Å². The zero-order valence-electron chi connectivity index (χ0n) is 11.6. The maximum atomic E-state index is 13.4. The van der Waals surface area contributed by atoms with Crippen molar-refractivity contribution in [1.82, 2.24) is 10.3 Å². The molecule has 1 N–H and O–H groups in total. The van der Waals surface area contributed by atoms with Crippen LogP contribution >= 0.6 is 0 Å². The normalized spacial score (nSPS) is 10.6. The second-order valence-electron chi connectivity index (χ2n) is 4.62. The summed E-state index contributed by atoms with van der Waals surface area (Å²) in [6.45, 7) is 3.93. The molecule has 1 aromatic heterocycles. The zero-order valence-corrected chi connectivity index (χ0v) is 11.6. The van der Waals surface area contributed by atoms with Gasteiger partial charge in [0.15, 0.2) is 0 Å². The number of hydrogen-bond acceptors (Lipinski definition) is 3. The van der Waals surface area contributed by atoms with Gasteiger partial charge in [-0.05, 0) is 31.9 Å². The fraction of sp³-hybridized carbons (Fsp3) is 0.333. The van der Waals surface area contributed by atoms with Crippen molar-refractivity contribution in [2.24, 2.45) is 0 Å². The van der Waals surface area contributed by atoms with Crippen molar-refractivity contribution in [2.45, 2.75) is 33.2 Å². The number of aromatic nitrogens is 1. The van der Waals surface area contributed by atoms with Gasteiger partial charge in [0.2, 0.25) is 11.8 Å². The lowest BCUT2D eigenvalue weighted by Gasteiger charge is -2.04. The van der Waals surface area contributed by atoms with Crippen LogP contribution in [-0.4, -0.2) is 10.9 Å². The van der Waals surface area contributed by atoms with Gasteiger partial charge in [-0.1, -0.05) is 18.2 Å². The van der Waals surface area contributed by atoms with Gasteiger partial charge in [0.25, 0.3) is 0 Å². The summed E-state index contributed by atoms with van der Waals surface area (Å²) >= 11 is 0. The van der Waals surface area contributed by atoms with E-state index in [1.54, 1.807) is 18.2 Å². The Hall–Kier alpha value is -2.17. The number of carbonyl (C=O) groups is 1. The number of aryl methyl sites for hydroxylation is 3. The predicted molar refractivity (Wildman–Crippen MR) is 72.5 cm³/mol. The summed E-state index contributed by atoms with van der Waals surface area (Å²) in [5.74, 6) is 0.806. The molecule has 1 aromatic carbocycles. The van der Waals surface area contributed by atoms with E-state index in [9.17, 15) is 9.18 Å². The van der Waals surface area contributed by atoms with Gasteiger partial charge in [-0.3, -0.25) is 4.79 Å². The highest BCUT2D eigenvalue weighted by Gasteiger charge is 2.08. The number of hydrogen-bond donors (Lipinski definition) is 1. The van der Waals surface area contributed by atoms with E-state index < -0.39 is 0 Å².